The molecule has 0 aliphatic rings. The van der Waals surface area contributed by atoms with Crippen molar-refractivity contribution in [3.05, 3.63) is 65.1 Å². The molecular formula is C17H18N4O. The fraction of sp³-hybridized carbons (Fsp3) is 0.235. The van der Waals surface area contributed by atoms with Gasteiger partial charge in [-0.1, -0.05) is 23.3 Å². The zero-order chi connectivity index (χ0) is 15.7. The van der Waals surface area contributed by atoms with E-state index in [0.717, 1.165) is 16.8 Å². The maximum Gasteiger partial charge on any atom is 0.251 e. The van der Waals surface area contributed by atoms with Crippen LogP contribution in [0.2, 0.25) is 0 Å². The molecule has 0 aliphatic heterocycles. The lowest BCUT2D eigenvalue weighted by Crippen LogP contribution is -2.28. The van der Waals surface area contributed by atoms with Gasteiger partial charge in [0.25, 0.3) is 5.91 Å². The van der Waals surface area contributed by atoms with Gasteiger partial charge in [-0.15, -0.1) is 10.2 Å². The third-order valence-corrected chi connectivity index (χ3v) is 3.56. The van der Waals surface area contributed by atoms with E-state index in [1.165, 1.54) is 0 Å². The first kappa shape index (κ1) is 14.3. The molecule has 1 amide bonds. The van der Waals surface area contributed by atoms with Gasteiger partial charge in [-0.05, 0) is 45.0 Å². The van der Waals surface area contributed by atoms with Crippen LogP contribution in [0.5, 0.6) is 0 Å². The average Bonchev–Trinajstić information content (AvgIpc) is 2.90. The second kappa shape index (κ2) is 5.60. The molecule has 0 saturated heterocycles. The number of rotatable bonds is 3. The van der Waals surface area contributed by atoms with Crippen molar-refractivity contribution in [2.24, 2.45) is 0 Å². The molecule has 0 unspecified atom stereocenters. The van der Waals surface area contributed by atoms with Gasteiger partial charge in [0.2, 0.25) is 0 Å². The second-order valence-corrected chi connectivity index (χ2v) is 5.56. The Morgan fingerprint density at radius 3 is 2.59 bits per heavy atom. The van der Waals surface area contributed by atoms with E-state index in [2.05, 4.69) is 15.5 Å². The molecule has 0 saturated carbocycles. The van der Waals surface area contributed by atoms with Crippen molar-refractivity contribution < 1.29 is 4.79 Å². The molecule has 0 fully saturated rings. The minimum Gasteiger partial charge on any atom is -0.342 e. The number of nitrogens with one attached hydrogen (secondary N) is 1. The fourth-order valence-corrected chi connectivity index (χ4v) is 2.61. The summed E-state index contributed by atoms with van der Waals surface area (Å²) in [5.41, 5.74) is 3.58. The summed E-state index contributed by atoms with van der Waals surface area (Å²) in [6.45, 7) is 5.88. The Kier molecular flexibility index (Phi) is 3.63. The van der Waals surface area contributed by atoms with Crippen molar-refractivity contribution in [3.63, 3.8) is 0 Å². The summed E-state index contributed by atoms with van der Waals surface area (Å²) in [7, 11) is 0. The largest absolute Gasteiger partial charge is 0.342 e. The molecule has 3 aromatic rings. The zero-order valence-electron chi connectivity index (χ0n) is 12.9. The lowest BCUT2D eigenvalue weighted by Gasteiger charge is -2.13. The number of nitrogens with zero attached hydrogens (tertiary/aromatic N) is 3. The number of hydrogen-bond donors (Lipinski definition) is 1. The summed E-state index contributed by atoms with van der Waals surface area (Å²) >= 11 is 0. The Balaban J connectivity index is 1.84. The Hall–Kier alpha value is -2.69. The quantitative estimate of drug-likeness (QED) is 0.808. The third-order valence-electron chi connectivity index (χ3n) is 3.56. The highest BCUT2D eigenvalue weighted by Gasteiger charge is 2.16. The summed E-state index contributed by atoms with van der Waals surface area (Å²) < 4.78 is 1.88. The van der Waals surface area contributed by atoms with Crippen LogP contribution in [0.25, 0.3) is 5.65 Å². The molecular weight excluding hydrogens is 276 g/mol. The van der Waals surface area contributed by atoms with Crippen LogP contribution in [0.15, 0.2) is 42.6 Å². The van der Waals surface area contributed by atoms with Gasteiger partial charge in [0, 0.05) is 11.8 Å². The van der Waals surface area contributed by atoms with Crippen LogP contribution in [0.1, 0.15) is 40.3 Å². The van der Waals surface area contributed by atoms with E-state index in [9.17, 15) is 4.79 Å². The first-order chi connectivity index (χ1) is 10.5. The monoisotopic (exact) mass is 294 g/mol. The Morgan fingerprint density at radius 1 is 1.14 bits per heavy atom. The molecule has 0 radical (unpaired) electrons. The number of aromatic nitrogens is 3. The Bertz CT molecular complexity index is 817. The van der Waals surface area contributed by atoms with Gasteiger partial charge in [-0.25, -0.2) is 0 Å². The number of fused-ring (bicyclic) bond motifs is 1. The maximum absolute atomic E-state index is 12.4. The Morgan fingerprint density at radius 2 is 1.86 bits per heavy atom. The van der Waals surface area contributed by atoms with Gasteiger partial charge >= 0.3 is 0 Å². The van der Waals surface area contributed by atoms with Crippen molar-refractivity contribution >= 4 is 11.6 Å². The lowest BCUT2D eigenvalue weighted by molar-refractivity contribution is 0.0938. The van der Waals surface area contributed by atoms with Crippen LogP contribution in [0.3, 0.4) is 0 Å². The molecule has 0 aliphatic carbocycles. The van der Waals surface area contributed by atoms with Crippen LogP contribution in [-0.2, 0) is 0 Å². The first-order valence-corrected chi connectivity index (χ1v) is 7.23. The van der Waals surface area contributed by atoms with E-state index in [4.69, 9.17) is 0 Å². The molecule has 0 spiro atoms. The van der Waals surface area contributed by atoms with E-state index in [1.807, 2.05) is 67.8 Å². The van der Waals surface area contributed by atoms with Crippen molar-refractivity contribution in [1.82, 2.24) is 19.9 Å². The normalized spacial score (nSPS) is 12.3. The number of aryl methyl sites for hydroxylation is 2. The molecule has 2 aromatic heterocycles. The molecule has 1 aromatic carbocycles. The minimum absolute atomic E-state index is 0.105. The van der Waals surface area contributed by atoms with E-state index in [-0.39, 0.29) is 11.9 Å². The first-order valence-electron chi connectivity index (χ1n) is 7.23. The molecule has 112 valence electrons. The number of hydrogen-bond acceptors (Lipinski definition) is 3. The SMILES string of the molecule is Cc1cc(C)cc(C(=O)N[C@@H](C)c2nnc3ccccn23)c1. The predicted octanol–water partition coefficient (Wildman–Crippen LogP) is 2.84. The Labute approximate surface area is 129 Å². The standard InChI is InChI=1S/C17H18N4O/c1-11-8-12(2)10-14(9-11)17(22)18-13(3)16-20-19-15-6-4-5-7-21(15)16/h4-10,13H,1-3H3,(H,18,22)/t13-/m0/s1. The highest BCUT2D eigenvalue weighted by molar-refractivity contribution is 5.94. The van der Waals surface area contributed by atoms with Crippen LogP contribution >= 0.6 is 0 Å². The number of carbonyl (C=O) groups is 1. The molecule has 22 heavy (non-hydrogen) atoms. The molecule has 1 N–H and O–H groups in total. The van der Waals surface area contributed by atoms with Crippen LogP contribution in [-0.4, -0.2) is 20.5 Å². The van der Waals surface area contributed by atoms with E-state index in [0.29, 0.717) is 11.4 Å². The smallest absolute Gasteiger partial charge is 0.251 e. The van der Waals surface area contributed by atoms with E-state index < -0.39 is 0 Å². The fourth-order valence-electron chi connectivity index (χ4n) is 2.61. The molecule has 2 heterocycles. The molecule has 5 nitrogen and oxygen atoms in total. The lowest BCUT2D eigenvalue weighted by atomic mass is 10.1. The highest BCUT2D eigenvalue weighted by atomic mass is 16.1. The predicted molar refractivity (Wildman–Crippen MR) is 84.8 cm³/mol. The van der Waals surface area contributed by atoms with E-state index >= 15 is 0 Å². The minimum atomic E-state index is -0.231. The number of carbonyl (C=O) groups excluding carboxylic acids is 1. The average molecular weight is 294 g/mol. The highest BCUT2D eigenvalue weighted by Crippen LogP contribution is 2.14. The van der Waals surface area contributed by atoms with Crippen molar-refractivity contribution in [3.8, 4) is 0 Å². The van der Waals surface area contributed by atoms with Gasteiger partial charge in [-0.2, -0.15) is 0 Å². The number of pyridine rings is 1. The second-order valence-electron chi connectivity index (χ2n) is 5.56. The molecule has 1 atom stereocenters. The zero-order valence-corrected chi connectivity index (χ0v) is 12.9. The van der Waals surface area contributed by atoms with Gasteiger partial charge < -0.3 is 5.32 Å². The van der Waals surface area contributed by atoms with Crippen molar-refractivity contribution in [1.29, 1.82) is 0 Å². The summed E-state index contributed by atoms with van der Waals surface area (Å²) in [6, 6.07) is 11.3. The van der Waals surface area contributed by atoms with Crippen LogP contribution in [0, 0.1) is 13.8 Å². The van der Waals surface area contributed by atoms with Gasteiger partial charge in [0.05, 0.1) is 6.04 Å². The molecule has 3 rings (SSSR count). The summed E-state index contributed by atoms with van der Waals surface area (Å²) in [5.74, 6) is 0.611. The molecule has 0 bridgehead atoms. The van der Waals surface area contributed by atoms with Crippen molar-refractivity contribution in [2.75, 3.05) is 0 Å². The van der Waals surface area contributed by atoms with E-state index in [1.54, 1.807) is 0 Å². The summed E-state index contributed by atoms with van der Waals surface area (Å²) in [5, 5.41) is 11.3. The summed E-state index contributed by atoms with van der Waals surface area (Å²) in [4.78, 5) is 12.4. The number of benzene rings is 1. The van der Waals surface area contributed by atoms with Crippen molar-refractivity contribution in [2.45, 2.75) is 26.8 Å². The topological polar surface area (TPSA) is 59.3 Å². The van der Waals surface area contributed by atoms with Crippen LogP contribution < -0.4 is 5.32 Å². The van der Waals surface area contributed by atoms with Gasteiger partial charge in [0.15, 0.2) is 11.5 Å². The summed E-state index contributed by atoms with van der Waals surface area (Å²) in [6.07, 6.45) is 1.89. The number of amides is 1. The third kappa shape index (κ3) is 2.70. The van der Waals surface area contributed by atoms with Gasteiger partial charge in [0.1, 0.15) is 0 Å². The molecule has 5 heteroatoms. The maximum atomic E-state index is 12.4. The van der Waals surface area contributed by atoms with Gasteiger partial charge in [-0.3, -0.25) is 9.20 Å². The van der Waals surface area contributed by atoms with Crippen LogP contribution in [0.4, 0.5) is 0 Å².